The molecule has 2 rings (SSSR count). The van der Waals surface area contributed by atoms with E-state index in [1.807, 2.05) is 13.0 Å². The van der Waals surface area contributed by atoms with Crippen molar-refractivity contribution in [1.82, 2.24) is 10.2 Å². The topological polar surface area (TPSA) is 15.3 Å². The Kier molecular flexibility index (Phi) is 4.82. The molecular formula is C17H27FN2. The Bertz CT molecular complexity index is 460. The Balaban J connectivity index is 2.16. The largest absolute Gasteiger partial charge is 0.310 e. The maximum atomic E-state index is 13.2. The zero-order valence-corrected chi connectivity index (χ0v) is 13.2. The fourth-order valence-corrected chi connectivity index (χ4v) is 2.93. The van der Waals surface area contributed by atoms with Crippen LogP contribution in [-0.4, -0.2) is 29.6 Å². The second-order valence-corrected chi connectivity index (χ2v) is 6.45. The van der Waals surface area contributed by atoms with Gasteiger partial charge in [0, 0.05) is 24.7 Å². The number of halogens is 1. The maximum Gasteiger partial charge on any atom is 0.123 e. The minimum Gasteiger partial charge on any atom is -0.310 e. The number of nitrogens with zero attached hydrogens (tertiary/aromatic N) is 1. The quantitative estimate of drug-likeness (QED) is 0.910. The SMILES string of the molecule is CCC1(C)CN(Cc2ccc(F)cc2C)C(C)CCN1. The van der Waals surface area contributed by atoms with Crippen molar-refractivity contribution in [3.05, 3.63) is 35.1 Å². The van der Waals surface area contributed by atoms with Gasteiger partial charge in [-0.2, -0.15) is 0 Å². The molecule has 2 atom stereocenters. The molecule has 1 aliphatic heterocycles. The van der Waals surface area contributed by atoms with E-state index in [0.29, 0.717) is 6.04 Å². The molecule has 0 aliphatic carbocycles. The van der Waals surface area contributed by atoms with Gasteiger partial charge >= 0.3 is 0 Å². The molecule has 1 heterocycles. The zero-order chi connectivity index (χ0) is 14.8. The van der Waals surface area contributed by atoms with E-state index >= 15 is 0 Å². The molecule has 2 nitrogen and oxygen atoms in total. The standard InChI is InChI=1S/C17H27FN2/c1-5-17(4)12-20(14(3)8-9-19-17)11-15-6-7-16(18)10-13(15)2/h6-7,10,14,19H,5,8-9,11-12H2,1-4H3. The summed E-state index contributed by atoms with van der Waals surface area (Å²) in [4.78, 5) is 2.53. The van der Waals surface area contributed by atoms with E-state index in [2.05, 4.69) is 31.0 Å². The van der Waals surface area contributed by atoms with Crippen molar-refractivity contribution >= 4 is 0 Å². The van der Waals surface area contributed by atoms with Gasteiger partial charge in [-0.1, -0.05) is 13.0 Å². The molecule has 1 saturated heterocycles. The first-order valence-electron chi connectivity index (χ1n) is 7.67. The smallest absolute Gasteiger partial charge is 0.123 e. The van der Waals surface area contributed by atoms with Crippen LogP contribution in [0.2, 0.25) is 0 Å². The van der Waals surface area contributed by atoms with Crippen LogP contribution in [0, 0.1) is 12.7 Å². The molecule has 20 heavy (non-hydrogen) atoms. The lowest BCUT2D eigenvalue weighted by Gasteiger charge is -2.35. The van der Waals surface area contributed by atoms with Gasteiger partial charge in [0.1, 0.15) is 5.82 Å². The predicted octanol–water partition coefficient (Wildman–Crippen LogP) is 3.49. The van der Waals surface area contributed by atoms with Gasteiger partial charge in [-0.3, -0.25) is 4.90 Å². The Hall–Kier alpha value is -0.930. The summed E-state index contributed by atoms with van der Waals surface area (Å²) in [5, 5.41) is 3.68. The number of aryl methyl sites for hydroxylation is 1. The third-order valence-corrected chi connectivity index (χ3v) is 4.75. The summed E-state index contributed by atoms with van der Waals surface area (Å²) >= 11 is 0. The fraction of sp³-hybridized carbons (Fsp3) is 0.647. The molecule has 1 N–H and O–H groups in total. The first kappa shape index (κ1) is 15.5. The van der Waals surface area contributed by atoms with Crippen LogP contribution in [0.3, 0.4) is 0 Å². The molecule has 0 radical (unpaired) electrons. The van der Waals surface area contributed by atoms with Gasteiger partial charge in [0.05, 0.1) is 0 Å². The van der Waals surface area contributed by atoms with Crippen molar-refractivity contribution < 1.29 is 4.39 Å². The summed E-state index contributed by atoms with van der Waals surface area (Å²) in [6, 6.07) is 5.69. The Labute approximate surface area is 122 Å². The second-order valence-electron chi connectivity index (χ2n) is 6.45. The van der Waals surface area contributed by atoms with Gasteiger partial charge in [0.15, 0.2) is 0 Å². The molecule has 1 aliphatic rings. The van der Waals surface area contributed by atoms with Crippen LogP contribution < -0.4 is 5.32 Å². The second kappa shape index (κ2) is 6.23. The normalized spacial score (nSPS) is 28.4. The number of rotatable bonds is 3. The van der Waals surface area contributed by atoms with Crippen LogP contribution in [-0.2, 0) is 6.54 Å². The van der Waals surface area contributed by atoms with E-state index in [1.54, 1.807) is 12.1 Å². The van der Waals surface area contributed by atoms with Crippen molar-refractivity contribution in [2.75, 3.05) is 13.1 Å². The Morgan fingerprint density at radius 1 is 1.45 bits per heavy atom. The Morgan fingerprint density at radius 2 is 2.20 bits per heavy atom. The molecule has 0 aromatic heterocycles. The van der Waals surface area contributed by atoms with Crippen molar-refractivity contribution in [2.24, 2.45) is 0 Å². The zero-order valence-electron chi connectivity index (χ0n) is 13.2. The van der Waals surface area contributed by atoms with E-state index in [1.165, 1.54) is 5.56 Å². The molecule has 1 aromatic rings. The summed E-state index contributed by atoms with van der Waals surface area (Å²) in [5.41, 5.74) is 2.46. The van der Waals surface area contributed by atoms with Gasteiger partial charge in [0.25, 0.3) is 0 Å². The number of benzene rings is 1. The molecule has 1 fully saturated rings. The highest BCUT2D eigenvalue weighted by Gasteiger charge is 2.30. The highest BCUT2D eigenvalue weighted by Crippen LogP contribution is 2.22. The van der Waals surface area contributed by atoms with E-state index in [4.69, 9.17) is 0 Å². The van der Waals surface area contributed by atoms with Crippen molar-refractivity contribution in [2.45, 2.75) is 58.7 Å². The highest BCUT2D eigenvalue weighted by atomic mass is 19.1. The van der Waals surface area contributed by atoms with Crippen LogP contribution in [0.5, 0.6) is 0 Å². The molecule has 0 bridgehead atoms. The predicted molar refractivity (Wildman–Crippen MR) is 82.3 cm³/mol. The Morgan fingerprint density at radius 3 is 2.85 bits per heavy atom. The summed E-state index contributed by atoms with van der Waals surface area (Å²) in [7, 11) is 0. The molecule has 2 unspecified atom stereocenters. The highest BCUT2D eigenvalue weighted by molar-refractivity contribution is 5.26. The molecular weight excluding hydrogens is 251 g/mol. The molecule has 0 saturated carbocycles. The van der Waals surface area contributed by atoms with Crippen LogP contribution in [0.1, 0.15) is 44.7 Å². The third-order valence-electron chi connectivity index (χ3n) is 4.75. The van der Waals surface area contributed by atoms with Crippen molar-refractivity contribution in [3.63, 3.8) is 0 Å². The minimum atomic E-state index is -0.143. The molecule has 3 heteroatoms. The van der Waals surface area contributed by atoms with Gasteiger partial charge in [-0.15, -0.1) is 0 Å². The van der Waals surface area contributed by atoms with Gasteiger partial charge in [-0.25, -0.2) is 4.39 Å². The van der Waals surface area contributed by atoms with Crippen LogP contribution >= 0.6 is 0 Å². The molecule has 0 spiro atoms. The summed E-state index contributed by atoms with van der Waals surface area (Å²) in [5.74, 6) is -0.143. The van der Waals surface area contributed by atoms with Crippen LogP contribution in [0.15, 0.2) is 18.2 Å². The van der Waals surface area contributed by atoms with Gasteiger partial charge < -0.3 is 5.32 Å². The van der Waals surface area contributed by atoms with Crippen molar-refractivity contribution in [1.29, 1.82) is 0 Å². The van der Waals surface area contributed by atoms with Crippen LogP contribution in [0.25, 0.3) is 0 Å². The maximum absolute atomic E-state index is 13.2. The summed E-state index contributed by atoms with van der Waals surface area (Å²) in [6.07, 6.45) is 2.29. The summed E-state index contributed by atoms with van der Waals surface area (Å²) in [6.45, 7) is 11.9. The monoisotopic (exact) mass is 278 g/mol. The number of nitrogens with one attached hydrogen (secondary N) is 1. The molecule has 0 amide bonds. The number of hydrogen-bond donors (Lipinski definition) is 1. The molecule has 112 valence electrons. The average molecular weight is 278 g/mol. The fourth-order valence-electron chi connectivity index (χ4n) is 2.93. The summed E-state index contributed by atoms with van der Waals surface area (Å²) < 4.78 is 13.2. The minimum absolute atomic E-state index is 0.143. The van der Waals surface area contributed by atoms with Crippen LogP contribution in [0.4, 0.5) is 4.39 Å². The van der Waals surface area contributed by atoms with E-state index in [9.17, 15) is 4.39 Å². The molecule has 1 aromatic carbocycles. The lowest BCUT2D eigenvalue weighted by molar-refractivity contribution is 0.163. The lowest BCUT2D eigenvalue weighted by Crippen LogP contribution is -2.49. The average Bonchev–Trinajstić information content (AvgIpc) is 2.54. The van der Waals surface area contributed by atoms with E-state index < -0.39 is 0 Å². The number of hydrogen-bond acceptors (Lipinski definition) is 2. The van der Waals surface area contributed by atoms with Gasteiger partial charge in [0.2, 0.25) is 0 Å². The third kappa shape index (κ3) is 3.58. The van der Waals surface area contributed by atoms with Crippen molar-refractivity contribution in [3.8, 4) is 0 Å². The lowest BCUT2D eigenvalue weighted by atomic mass is 9.97. The van der Waals surface area contributed by atoms with E-state index in [-0.39, 0.29) is 11.4 Å². The first-order chi connectivity index (χ1) is 9.43. The van der Waals surface area contributed by atoms with Gasteiger partial charge in [-0.05, 0) is 63.4 Å². The van der Waals surface area contributed by atoms with E-state index in [0.717, 1.165) is 38.0 Å². The first-order valence-corrected chi connectivity index (χ1v) is 7.67.